The van der Waals surface area contributed by atoms with E-state index >= 15 is 0 Å². The topological polar surface area (TPSA) is 35.8 Å². The third-order valence-corrected chi connectivity index (χ3v) is 0.353. The van der Waals surface area contributed by atoms with E-state index in [-0.39, 0.29) is 18.4 Å². The normalized spacial score (nSPS) is 6.57. The molecule has 0 bridgehead atoms. The van der Waals surface area contributed by atoms with Crippen molar-refractivity contribution in [1.29, 1.82) is 5.26 Å². The van der Waals surface area contributed by atoms with Gasteiger partial charge in [0.1, 0.15) is 0 Å². The molecular formula is C4H9ClN2. The molecular weight excluding hydrogens is 112 g/mol. The minimum Gasteiger partial charge on any atom is -0.321 e. The molecule has 7 heavy (non-hydrogen) atoms. The summed E-state index contributed by atoms with van der Waals surface area (Å²) in [6, 6.07) is 0.287. The van der Waals surface area contributed by atoms with E-state index in [1.807, 2.05) is 20.0 Å². The number of nitrogens with one attached hydrogen (secondary N) is 1. The van der Waals surface area contributed by atoms with Gasteiger partial charge in [0.2, 0.25) is 0 Å². The highest BCUT2D eigenvalue weighted by atomic mass is 35.5. The lowest BCUT2D eigenvalue weighted by molar-refractivity contribution is 0.714. The molecule has 0 aromatic rings. The lowest BCUT2D eigenvalue weighted by atomic mass is 10.4. The van der Waals surface area contributed by atoms with Gasteiger partial charge in [-0.1, -0.05) is 0 Å². The zero-order valence-electron chi connectivity index (χ0n) is 4.43. The van der Waals surface area contributed by atoms with Crippen LogP contribution >= 0.6 is 12.4 Å². The Bertz CT molecular complexity index is 64.6. The van der Waals surface area contributed by atoms with Gasteiger partial charge in [-0.3, -0.25) is 0 Å². The van der Waals surface area contributed by atoms with Crippen LogP contribution in [0.25, 0.3) is 0 Å². The van der Waals surface area contributed by atoms with E-state index in [9.17, 15) is 0 Å². The zero-order valence-corrected chi connectivity index (χ0v) is 5.25. The van der Waals surface area contributed by atoms with E-state index in [1.165, 1.54) is 0 Å². The van der Waals surface area contributed by atoms with Gasteiger partial charge in [-0.25, -0.2) is 0 Å². The van der Waals surface area contributed by atoms with Gasteiger partial charge < -0.3 is 5.32 Å². The summed E-state index contributed by atoms with van der Waals surface area (Å²) in [5.41, 5.74) is 0. The Balaban J connectivity index is 0. The second-order valence-corrected chi connectivity index (χ2v) is 1.41. The molecule has 0 aliphatic rings. The average Bonchev–Trinajstić information content (AvgIpc) is 1.35. The fourth-order valence-electron chi connectivity index (χ4n) is 0.129. The second kappa shape index (κ2) is 5.58. The van der Waals surface area contributed by atoms with E-state index in [2.05, 4.69) is 5.32 Å². The average molecular weight is 121 g/mol. The molecule has 0 aliphatic carbocycles. The monoisotopic (exact) mass is 120 g/mol. The molecule has 0 unspecified atom stereocenters. The highest BCUT2D eigenvalue weighted by Crippen LogP contribution is 1.68. The number of hydrogen-bond acceptors (Lipinski definition) is 2. The minimum absolute atomic E-state index is 0. The summed E-state index contributed by atoms with van der Waals surface area (Å²) in [4.78, 5) is 0. The molecule has 0 rings (SSSR count). The molecule has 0 saturated carbocycles. The first-order valence-electron chi connectivity index (χ1n) is 1.92. The van der Waals surface area contributed by atoms with Crippen LogP contribution in [-0.2, 0) is 0 Å². The molecule has 0 aromatic carbocycles. The standard InChI is InChI=1S/C4H8N2.ClH/c1-4(2)6-3-5;/h4,6H,1-2H3;1H. The Morgan fingerprint density at radius 1 is 1.57 bits per heavy atom. The Labute approximate surface area is 49.9 Å². The first-order valence-corrected chi connectivity index (χ1v) is 1.92. The molecule has 3 heteroatoms. The minimum atomic E-state index is 0. The van der Waals surface area contributed by atoms with Crippen LogP contribution in [0, 0.1) is 11.5 Å². The van der Waals surface area contributed by atoms with Crippen molar-refractivity contribution in [2.45, 2.75) is 19.9 Å². The maximum absolute atomic E-state index is 7.88. The van der Waals surface area contributed by atoms with Gasteiger partial charge in [-0.05, 0) is 13.8 Å². The lowest BCUT2D eigenvalue weighted by Crippen LogP contribution is -2.15. The predicted octanol–water partition coefficient (Wildman–Crippen LogP) is 0.887. The van der Waals surface area contributed by atoms with Gasteiger partial charge >= 0.3 is 0 Å². The van der Waals surface area contributed by atoms with Crippen LogP contribution < -0.4 is 5.32 Å². The molecule has 0 atom stereocenters. The van der Waals surface area contributed by atoms with Crippen molar-refractivity contribution in [2.24, 2.45) is 0 Å². The summed E-state index contributed by atoms with van der Waals surface area (Å²) >= 11 is 0. The summed E-state index contributed by atoms with van der Waals surface area (Å²) in [5.74, 6) is 0. The molecule has 0 amide bonds. The lowest BCUT2D eigenvalue weighted by Gasteiger charge is -1.94. The Morgan fingerprint density at radius 3 is 2.00 bits per heavy atom. The Kier molecular flexibility index (Phi) is 7.79. The largest absolute Gasteiger partial charge is 0.321 e. The second-order valence-electron chi connectivity index (χ2n) is 1.41. The number of nitrogens with zero attached hydrogens (tertiary/aromatic N) is 1. The van der Waals surface area contributed by atoms with Crippen molar-refractivity contribution < 1.29 is 0 Å². The zero-order chi connectivity index (χ0) is 4.99. The van der Waals surface area contributed by atoms with Gasteiger partial charge in [-0.2, -0.15) is 5.26 Å². The summed E-state index contributed by atoms with van der Waals surface area (Å²) in [6.07, 6.45) is 1.82. The summed E-state index contributed by atoms with van der Waals surface area (Å²) in [5, 5.41) is 10.4. The molecule has 2 nitrogen and oxygen atoms in total. The summed E-state index contributed by atoms with van der Waals surface area (Å²) in [7, 11) is 0. The molecule has 0 aliphatic heterocycles. The number of hydrogen-bond donors (Lipinski definition) is 1. The van der Waals surface area contributed by atoms with Crippen LogP contribution in [0.2, 0.25) is 0 Å². The third kappa shape index (κ3) is 10.7. The Morgan fingerprint density at radius 2 is 2.00 bits per heavy atom. The van der Waals surface area contributed by atoms with Crippen LogP contribution in [0.1, 0.15) is 13.8 Å². The van der Waals surface area contributed by atoms with Crippen molar-refractivity contribution in [2.75, 3.05) is 0 Å². The molecule has 0 aromatic heterocycles. The van der Waals surface area contributed by atoms with Crippen LogP contribution in [0.5, 0.6) is 0 Å². The van der Waals surface area contributed by atoms with E-state index in [1.54, 1.807) is 0 Å². The van der Waals surface area contributed by atoms with Crippen LogP contribution in [0.3, 0.4) is 0 Å². The van der Waals surface area contributed by atoms with Crippen molar-refractivity contribution in [1.82, 2.24) is 5.32 Å². The smallest absolute Gasteiger partial charge is 0.176 e. The quantitative estimate of drug-likeness (QED) is 0.412. The maximum atomic E-state index is 7.88. The number of rotatable bonds is 1. The van der Waals surface area contributed by atoms with Gasteiger partial charge in [0.05, 0.1) is 0 Å². The summed E-state index contributed by atoms with van der Waals surface area (Å²) < 4.78 is 0. The van der Waals surface area contributed by atoms with Gasteiger partial charge in [0.15, 0.2) is 6.19 Å². The van der Waals surface area contributed by atoms with Gasteiger partial charge in [0, 0.05) is 6.04 Å². The van der Waals surface area contributed by atoms with Gasteiger partial charge in [-0.15, -0.1) is 12.4 Å². The van der Waals surface area contributed by atoms with Crippen LogP contribution in [0.4, 0.5) is 0 Å². The third-order valence-electron chi connectivity index (χ3n) is 0.353. The fourth-order valence-corrected chi connectivity index (χ4v) is 0.129. The van der Waals surface area contributed by atoms with Crippen molar-refractivity contribution in [3.8, 4) is 6.19 Å². The van der Waals surface area contributed by atoms with Crippen molar-refractivity contribution in [3.63, 3.8) is 0 Å². The molecule has 0 fully saturated rings. The first-order chi connectivity index (χ1) is 2.77. The van der Waals surface area contributed by atoms with E-state index < -0.39 is 0 Å². The molecule has 1 N–H and O–H groups in total. The highest BCUT2D eigenvalue weighted by Gasteiger charge is 1.81. The van der Waals surface area contributed by atoms with Crippen molar-refractivity contribution in [3.05, 3.63) is 0 Å². The van der Waals surface area contributed by atoms with E-state index in [4.69, 9.17) is 5.26 Å². The van der Waals surface area contributed by atoms with Crippen LogP contribution in [0.15, 0.2) is 0 Å². The van der Waals surface area contributed by atoms with E-state index in [0.29, 0.717) is 0 Å². The first kappa shape index (κ1) is 9.77. The molecule has 42 valence electrons. The van der Waals surface area contributed by atoms with Crippen LogP contribution in [-0.4, -0.2) is 6.04 Å². The van der Waals surface area contributed by atoms with E-state index in [0.717, 1.165) is 0 Å². The number of halogens is 1. The molecule has 0 saturated heterocycles. The molecule has 0 spiro atoms. The predicted molar refractivity (Wildman–Crippen MR) is 31.1 cm³/mol. The number of nitriles is 1. The maximum Gasteiger partial charge on any atom is 0.176 e. The molecule has 0 heterocycles. The summed E-state index contributed by atoms with van der Waals surface area (Å²) in [6.45, 7) is 3.84. The van der Waals surface area contributed by atoms with Crippen molar-refractivity contribution >= 4 is 12.4 Å². The SMILES string of the molecule is CC(C)NC#N.Cl. The molecule has 0 radical (unpaired) electrons. The Hall–Kier alpha value is -0.420. The van der Waals surface area contributed by atoms with Gasteiger partial charge in [0.25, 0.3) is 0 Å². The highest BCUT2D eigenvalue weighted by molar-refractivity contribution is 5.85. The fraction of sp³-hybridized carbons (Fsp3) is 0.750.